The van der Waals surface area contributed by atoms with Crippen LogP contribution in [0, 0.1) is 18.8 Å². The lowest BCUT2D eigenvalue weighted by atomic mass is 9.78. The normalized spacial score (nSPS) is 23.6. The van der Waals surface area contributed by atoms with E-state index in [1.54, 1.807) is 0 Å². The van der Waals surface area contributed by atoms with Crippen molar-refractivity contribution in [2.24, 2.45) is 11.8 Å². The minimum absolute atomic E-state index is 0.0922. The van der Waals surface area contributed by atoms with Gasteiger partial charge in [-0.2, -0.15) is 0 Å². The number of benzene rings is 1. The first-order valence-electron chi connectivity index (χ1n) is 9.57. The fourth-order valence-corrected chi connectivity index (χ4v) is 5.34. The number of carbonyl (C=O) groups excluding carboxylic acids is 1. The van der Waals surface area contributed by atoms with Crippen LogP contribution in [0.25, 0.3) is 0 Å². The SMILES string of the molecule is Cc1ccccc1Nc1nnc(S[C@H](C)C(=O)N[C@@H]2CCC[C@H](C)[C@H]2C)s1. The maximum absolute atomic E-state index is 12.6. The number of amides is 1. The smallest absolute Gasteiger partial charge is 0.233 e. The second-order valence-corrected chi connectivity index (χ2v) is 10.0. The molecule has 4 atom stereocenters. The monoisotopic (exact) mass is 404 g/mol. The molecule has 0 bridgehead atoms. The summed E-state index contributed by atoms with van der Waals surface area (Å²) >= 11 is 2.95. The van der Waals surface area contributed by atoms with E-state index >= 15 is 0 Å². The van der Waals surface area contributed by atoms with Crippen LogP contribution in [0.15, 0.2) is 28.6 Å². The molecule has 5 nitrogen and oxygen atoms in total. The van der Waals surface area contributed by atoms with Gasteiger partial charge in [0.2, 0.25) is 11.0 Å². The van der Waals surface area contributed by atoms with Crippen molar-refractivity contribution in [3.8, 4) is 0 Å². The van der Waals surface area contributed by atoms with E-state index in [0.29, 0.717) is 11.8 Å². The lowest BCUT2D eigenvalue weighted by molar-refractivity contribution is -0.121. The van der Waals surface area contributed by atoms with Crippen molar-refractivity contribution in [3.05, 3.63) is 29.8 Å². The Labute approximate surface area is 169 Å². The van der Waals surface area contributed by atoms with Crippen LogP contribution >= 0.6 is 23.1 Å². The zero-order valence-electron chi connectivity index (χ0n) is 16.4. The molecule has 7 heteroatoms. The number of aryl methyl sites for hydroxylation is 1. The Kier molecular flexibility index (Phi) is 6.76. The molecule has 27 heavy (non-hydrogen) atoms. The summed E-state index contributed by atoms with van der Waals surface area (Å²) in [6, 6.07) is 8.36. The van der Waals surface area contributed by atoms with Gasteiger partial charge in [0.25, 0.3) is 0 Å². The lowest BCUT2D eigenvalue weighted by Crippen LogP contribution is -2.46. The first-order valence-corrected chi connectivity index (χ1v) is 11.3. The highest BCUT2D eigenvalue weighted by molar-refractivity contribution is 8.02. The van der Waals surface area contributed by atoms with Crippen LogP contribution in [0.5, 0.6) is 0 Å². The van der Waals surface area contributed by atoms with Crippen molar-refractivity contribution in [3.63, 3.8) is 0 Å². The van der Waals surface area contributed by atoms with Crippen LogP contribution in [0.4, 0.5) is 10.8 Å². The Balaban J connectivity index is 1.55. The summed E-state index contributed by atoms with van der Waals surface area (Å²) < 4.78 is 0.804. The molecule has 2 N–H and O–H groups in total. The summed E-state index contributed by atoms with van der Waals surface area (Å²) in [5.41, 5.74) is 2.18. The maximum atomic E-state index is 12.6. The topological polar surface area (TPSA) is 66.9 Å². The highest BCUT2D eigenvalue weighted by Gasteiger charge is 2.29. The zero-order valence-corrected chi connectivity index (χ0v) is 18.0. The van der Waals surface area contributed by atoms with Gasteiger partial charge in [-0.25, -0.2) is 0 Å². The summed E-state index contributed by atoms with van der Waals surface area (Å²) in [5.74, 6) is 1.30. The molecule has 0 radical (unpaired) electrons. The highest BCUT2D eigenvalue weighted by Crippen LogP contribution is 2.32. The average molecular weight is 405 g/mol. The van der Waals surface area contributed by atoms with Crippen molar-refractivity contribution in [1.82, 2.24) is 15.5 Å². The molecule has 146 valence electrons. The molecule has 0 spiro atoms. The summed E-state index contributed by atoms with van der Waals surface area (Å²) in [4.78, 5) is 12.6. The second-order valence-electron chi connectivity index (χ2n) is 7.46. The number of nitrogens with one attached hydrogen (secondary N) is 2. The van der Waals surface area contributed by atoms with Gasteiger partial charge >= 0.3 is 0 Å². The maximum Gasteiger partial charge on any atom is 0.233 e. The van der Waals surface area contributed by atoms with E-state index in [4.69, 9.17) is 0 Å². The van der Waals surface area contributed by atoms with Gasteiger partial charge in [0, 0.05) is 11.7 Å². The van der Waals surface area contributed by atoms with Gasteiger partial charge < -0.3 is 10.6 Å². The number of rotatable bonds is 6. The van der Waals surface area contributed by atoms with E-state index in [-0.39, 0.29) is 17.2 Å². The van der Waals surface area contributed by atoms with Gasteiger partial charge in [-0.15, -0.1) is 10.2 Å². The van der Waals surface area contributed by atoms with Gasteiger partial charge in [-0.1, -0.05) is 68.0 Å². The predicted octanol–water partition coefficient (Wildman–Crippen LogP) is 5.01. The van der Waals surface area contributed by atoms with E-state index in [0.717, 1.165) is 27.1 Å². The van der Waals surface area contributed by atoms with E-state index in [9.17, 15) is 4.79 Å². The number of aromatic nitrogens is 2. The van der Waals surface area contributed by atoms with E-state index in [2.05, 4.69) is 47.7 Å². The largest absolute Gasteiger partial charge is 0.352 e. The molecule has 3 rings (SSSR count). The first-order chi connectivity index (χ1) is 12.9. The van der Waals surface area contributed by atoms with Crippen LogP contribution in [0.1, 0.15) is 45.6 Å². The van der Waals surface area contributed by atoms with Crippen molar-refractivity contribution in [2.75, 3.05) is 5.32 Å². The van der Waals surface area contributed by atoms with Crippen molar-refractivity contribution in [2.45, 2.75) is 62.6 Å². The predicted molar refractivity (Wildman–Crippen MR) is 114 cm³/mol. The van der Waals surface area contributed by atoms with Gasteiger partial charge in [0.05, 0.1) is 5.25 Å². The third-order valence-electron chi connectivity index (χ3n) is 5.47. The highest BCUT2D eigenvalue weighted by atomic mass is 32.2. The number of carbonyl (C=O) groups is 1. The fourth-order valence-electron chi connectivity index (χ4n) is 3.43. The molecule has 1 fully saturated rings. The molecule has 1 amide bonds. The molecule has 1 aromatic carbocycles. The van der Waals surface area contributed by atoms with Crippen LogP contribution in [0.3, 0.4) is 0 Å². The van der Waals surface area contributed by atoms with Gasteiger partial charge in [-0.05, 0) is 43.7 Å². The van der Waals surface area contributed by atoms with Crippen LogP contribution < -0.4 is 10.6 Å². The molecule has 1 heterocycles. The third-order valence-corrected chi connectivity index (χ3v) is 7.50. The number of nitrogens with zero attached hydrogens (tertiary/aromatic N) is 2. The number of thioether (sulfide) groups is 1. The zero-order chi connectivity index (χ0) is 19.4. The molecule has 2 aromatic rings. The standard InChI is InChI=1S/C20H28N4OS2/c1-12-9-7-11-17(14(12)3)21-18(25)15(4)26-20-24-23-19(27-20)22-16-10-6-5-8-13(16)2/h5-6,8,10,12,14-15,17H,7,9,11H2,1-4H3,(H,21,25)(H,22,23)/t12-,14+,15+,17+/m0/s1. The fraction of sp³-hybridized carbons (Fsp3) is 0.550. The van der Waals surface area contributed by atoms with Gasteiger partial charge in [0.15, 0.2) is 4.34 Å². The minimum Gasteiger partial charge on any atom is -0.352 e. The molecule has 1 aliphatic rings. The van der Waals surface area contributed by atoms with Crippen LogP contribution in [0.2, 0.25) is 0 Å². The van der Waals surface area contributed by atoms with E-state index in [1.165, 1.54) is 35.9 Å². The van der Waals surface area contributed by atoms with Gasteiger partial charge in [0.1, 0.15) is 0 Å². The number of anilines is 2. The molecule has 0 aliphatic heterocycles. The van der Waals surface area contributed by atoms with Crippen LogP contribution in [-0.2, 0) is 4.79 Å². The van der Waals surface area contributed by atoms with Gasteiger partial charge in [-0.3, -0.25) is 4.79 Å². The molecule has 0 unspecified atom stereocenters. The Morgan fingerprint density at radius 2 is 2.04 bits per heavy atom. The Morgan fingerprint density at radius 3 is 2.81 bits per heavy atom. The molecule has 0 saturated heterocycles. The minimum atomic E-state index is -0.186. The van der Waals surface area contributed by atoms with E-state index < -0.39 is 0 Å². The molecular formula is C20H28N4OS2. The first kappa shape index (κ1) is 20.1. The number of hydrogen-bond acceptors (Lipinski definition) is 6. The summed E-state index contributed by atoms with van der Waals surface area (Å²) in [7, 11) is 0. The summed E-state index contributed by atoms with van der Waals surface area (Å²) in [6.45, 7) is 8.53. The van der Waals surface area contributed by atoms with E-state index in [1.807, 2.05) is 25.1 Å². The Morgan fingerprint density at radius 1 is 1.26 bits per heavy atom. The average Bonchev–Trinajstić information content (AvgIpc) is 3.08. The van der Waals surface area contributed by atoms with Crippen molar-refractivity contribution >= 4 is 39.8 Å². The molecule has 1 saturated carbocycles. The van der Waals surface area contributed by atoms with Crippen LogP contribution in [-0.4, -0.2) is 27.4 Å². The number of para-hydroxylation sites is 1. The van der Waals surface area contributed by atoms with Crippen molar-refractivity contribution < 1.29 is 4.79 Å². The lowest BCUT2D eigenvalue weighted by Gasteiger charge is -2.35. The Bertz CT molecular complexity index is 779. The molecule has 1 aliphatic carbocycles. The Hall–Kier alpha value is -1.60. The third kappa shape index (κ3) is 5.23. The second kappa shape index (κ2) is 9.06. The van der Waals surface area contributed by atoms with Crippen molar-refractivity contribution in [1.29, 1.82) is 0 Å². The quantitative estimate of drug-likeness (QED) is 0.662. The molecular weight excluding hydrogens is 376 g/mol. The molecule has 1 aromatic heterocycles. The number of hydrogen-bond donors (Lipinski definition) is 2. The summed E-state index contributed by atoms with van der Waals surface area (Å²) in [6.07, 6.45) is 3.54. The summed E-state index contributed by atoms with van der Waals surface area (Å²) in [5, 5.41) is 15.5.